The van der Waals surface area contributed by atoms with Crippen LogP contribution in [0.1, 0.15) is 18.1 Å². The number of rotatable bonds is 5. The zero-order chi connectivity index (χ0) is 12.8. The SMILES string of the molecule is CCc1ccc(OCCc2ccncc2)c(N)c1. The van der Waals surface area contributed by atoms with Crippen molar-refractivity contribution in [2.45, 2.75) is 19.8 Å². The Hall–Kier alpha value is -2.03. The molecule has 0 atom stereocenters. The van der Waals surface area contributed by atoms with Crippen molar-refractivity contribution in [3.8, 4) is 5.75 Å². The van der Waals surface area contributed by atoms with Crippen LogP contribution in [0, 0.1) is 0 Å². The number of hydrogen-bond donors (Lipinski definition) is 1. The molecule has 0 radical (unpaired) electrons. The maximum absolute atomic E-state index is 5.94. The van der Waals surface area contributed by atoms with Gasteiger partial charge in [-0.1, -0.05) is 13.0 Å². The summed E-state index contributed by atoms with van der Waals surface area (Å²) in [7, 11) is 0. The molecule has 0 fully saturated rings. The first-order chi connectivity index (χ1) is 8.79. The molecule has 0 aliphatic rings. The zero-order valence-electron chi connectivity index (χ0n) is 10.6. The molecule has 1 heterocycles. The van der Waals surface area contributed by atoms with Gasteiger partial charge in [-0.3, -0.25) is 4.98 Å². The fourth-order valence-corrected chi connectivity index (χ4v) is 1.78. The van der Waals surface area contributed by atoms with E-state index in [-0.39, 0.29) is 0 Å². The van der Waals surface area contributed by atoms with E-state index in [0.717, 1.165) is 18.6 Å². The topological polar surface area (TPSA) is 48.1 Å². The summed E-state index contributed by atoms with van der Waals surface area (Å²) in [5, 5.41) is 0. The number of benzene rings is 1. The van der Waals surface area contributed by atoms with Crippen molar-refractivity contribution >= 4 is 5.69 Å². The first-order valence-electron chi connectivity index (χ1n) is 6.19. The number of hydrogen-bond acceptors (Lipinski definition) is 3. The highest BCUT2D eigenvalue weighted by Crippen LogP contribution is 2.22. The molecule has 0 saturated heterocycles. The van der Waals surface area contributed by atoms with Gasteiger partial charge in [0.2, 0.25) is 0 Å². The predicted octanol–water partition coefficient (Wildman–Crippen LogP) is 2.85. The van der Waals surface area contributed by atoms with Crippen LogP contribution >= 0.6 is 0 Å². The lowest BCUT2D eigenvalue weighted by molar-refractivity contribution is 0.323. The predicted molar refractivity (Wildman–Crippen MR) is 73.7 cm³/mol. The smallest absolute Gasteiger partial charge is 0.142 e. The molecule has 18 heavy (non-hydrogen) atoms. The Labute approximate surface area is 108 Å². The second-order valence-electron chi connectivity index (χ2n) is 4.18. The quantitative estimate of drug-likeness (QED) is 0.820. The number of pyridine rings is 1. The Morgan fingerprint density at radius 3 is 2.56 bits per heavy atom. The minimum atomic E-state index is 0.625. The van der Waals surface area contributed by atoms with Gasteiger partial charge in [0.25, 0.3) is 0 Å². The lowest BCUT2D eigenvalue weighted by Gasteiger charge is -2.10. The van der Waals surface area contributed by atoms with Crippen LogP contribution in [0.4, 0.5) is 5.69 Å². The third-order valence-corrected chi connectivity index (χ3v) is 2.88. The monoisotopic (exact) mass is 242 g/mol. The van der Waals surface area contributed by atoms with Gasteiger partial charge >= 0.3 is 0 Å². The number of anilines is 1. The highest BCUT2D eigenvalue weighted by atomic mass is 16.5. The molecular formula is C15H18N2O. The Bertz CT molecular complexity index is 497. The van der Waals surface area contributed by atoms with Crippen LogP contribution in [-0.2, 0) is 12.8 Å². The third kappa shape index (κ3) is 3.23. The van der Waals surface area contributed by atoms with Gasteiger partial charge in [-0.25, -0.2) is 0 Å². The van der Waals surface area contributed by atoms with Gasteiger partial charge in [-0.2, -0.15) is 0 Å². The lowest BCUT2D eigenvalue weighted by atomic mass is 10.1. The van der Waals surface area contributed by atoms with Crippen molar-refractivity contribution in [3.63, 3.8) is 0 Å². The van der Waals surface area contributed by atoms with Gasteiger partial charge in [-0.15, -0.1) is 0 Å². The molecule has 1 aromatic heterocycles. The number of aromatic nitrogens is 1. The highest BCUT2D eigenvalue weighted by Gasteiger charge is 2.01. The van der Waals surface area contributed by atoms with E-state index in [1.54, 1.807) is 12.4 Å². The summed E-state index contributed by atoms with van der Waals surface area (Å²) in [5.41, 5.74) is 9.10. The maximum atomic E-state index is 5.94. The average Bonchev–Trinajstić information content (AvgIpc) is 2.42. The maximum Gasteiger partial charge on any atom is 0.142 e. The molecule has 2 aromatic rings. The molecule has 0 bridgehead atoms. The van der Waals surface area contributed by atoms with Crippen LogP contribution < -0.4 is 10.5 Å². The van der Waals surface area contributed by atoms with E-state index < -0.39 is 0 Å². The van der Waals surface area contributed by atoms with Crippen molar-refractivity contribution in [2.24, 2.45) is 0 Å². The second-order valence-corrected chi connectivity index (χ2v) is 4.18. The van der Waals surface area contributed by atoms with Crippen LogP contribution in [0.25, 0.3) is 0 Å². The summed E-state index contributed by atoms with van der Waals surface area (Å²) in [6, 6.07) is 9.96. The minimum absolute atomic E-state index is 0.625. The van der Waals surface area contributed by atoms with Crippen LogP contribution in [0.2, 0.25) is 0 Å². The highest BCUT2D eigenvalue weighted by molar-refractivity contribution is 5.54. The third-order valence-electron chi connectivity index (χ3n) is 2.88. The molecular weight excluding hydrogens is 224 g/mol. The molecule has 2 N–H and O–H groups in total. The van der Waals surface area contributed by atoms with E-state index >= 15 is 0 Å². The number of nitrogens with zero attached hydrogens (tertiary/aromatic N) is 1. The molecule has 0 spiro atoms. The summed E-state index contributed by atoms with van der Waals surface area (Å²) in [4.78, 5) is 3.98. The van der Waals surface area contributed by atoms with Gasteiger partial charge in [0.1, 0.15) is 5.75 Å². The average molecular weight is 242 g/mol. The van der Waals surface area contributed by atoms with E-state index in [1.165, 1.54) is 11.1 Å². The van der Waals surface area contributed by atoms with Crippen molar-refractivity contribution in [1.29, 1.82) is 0 Å². The Morgan fingerprint density at radius 1 is 1.11 bits per heavy atom. The number of nitrogen functional groups attached to an aromatic ring is 1. The molecule has 2 rings (SSSR count). The summed E-state index contributed by atoms with van der Waals surface area (Å²) < 4.78 is 5.69. The molecule has 0 saturated carbocycles. The van der Waals surface area contributed by atoms with Crippen molar-refractivity contribution in [1.82, 2.24) is 4.98 Å². The molecule has 94 valence electrons. The lowest BCUT2D eigenvalue weighted by Crippen LogP contribution is -2.03. The van der Waals surface area contributed by atoms with Crippen LogP contribution in [0.15, 0.2) is 42.7 Å². The molecule has 0 aliphatic heterocycles. The van der Waals surface area contributed by atoms with E-state index in [4.69, 9.17) is 10.5 Å². The van der Waals surface area contributed by atoms with Crippen LogP contribution in [0.5, 0.6) is 5.75 Å². The molecule has 0 unspecified atom stereocenters. The minimum Gasteiger partial charge on any atom is -0.491 e. The number of ether oxygens (including phenoxy) is 1. The number of nitrogens with two attached hydrogens (primary N) is 1. The fourth-order valence-electron chi connectivity index (χ4n) is 1.78. The van der Waals surface area contributed by atoms with Crippen molar-refractivity contribution in [3.05, 3.63) is 53.9 Å². The van der Waals surface area contributed by atoms with E-state index in [0.29, 0.717) is 12.3 Å². The first-order valence-corrected chi connectivity index (χ1v) is 6.19. The molecule has 0 amide bonds. The standard InChI is InChI=1S/C15H18N2O/c1-2-12-3-4-15(14(16)11-12)18-10-7-13-5-8-17-9-6-13/h3-6,8-9,11H,2,7,10,16H2,1H3. The van der Waals surface area contributed by atoms with Crippen LogP contribution in [-0.4, -0.2) is 11.6 Å². The van der Waals surface area contributed by atoms with E-state index in [9.17, 15) is 0 Å². The normalized spacial score (nSPS) is 10.3. The zero-order valence-corrected chi connectivity index (χ0v) is 10.6. The molecule has 3 heteroatoms. The Balaban J connectivity index is 1.91. The van der Waals surface area contributed by atoms with Gasteiger partial charge in [-0.05, 0) is 41.8 Å². The van der Waals surface area contributed by atoms with E-state index in [1.807, 2.05) is 24.3 Å². The summed E-state index contributed by atoms with van der Waals surface area (Å²) >= 11 is 0. The Morgan fingerprint density at radius 2 is 1.89 bits per heavy atom. The fraction of sp³-hybridized carbons (Fsp3) is 0.267. The van der Waals surface area contributed by atoms with Gasteiger partial charge in [0.15, 0.2) is 0 Å². The molecule has 3 nitrogen and oxygen atoms in total. The van der Waals surface area contributed by atoms with Crippen molar-refractivity contribution < 1.29 is 4.74 Å². The van der Waals surface area contributed by atoms with Gasteiger partial charge in [0.05, 0.1) is 12.3 Å². The van der Waals surface area contributed by atoms with Gasteiger partial charge in [0, 0.05) is 18.8 Å². The summed E-state index contributed by atoms with van der Waals surface area (Å²) in [6.07, 6.45) is 5.43. The van der Waals surface area contributed by atoms with Crippen LogP contribution in [0.3, 0.4) is 0 Å². The Kier molecular flexibility index (Phi) is 4.18. The molecule has 0 aliphatic carbocycles. The summed E-state index contributed by atoms with van der Waals surface area (Å²) in [6.45, 7) is 2.73. The second kappa shape index (κ2) is 6.05. The molecule has 1 aromatic carbocycles. The number of aryl methyl sites for hydroxylation is 1. The van der Waals surface area contributed by atoms with E-state index in [2.05, 4.69) is 18.0 Å². The summed E-state index contributed by atoms with van der Waals surface area (Å²) in [5.74, 6) is 0.765. The van der Waals surface area contributed by atoms with Crippen molar-refractivity contribution in [2.75, 3.05) is 12.3 Å². The largest absolute Gasteiger partial charge is 0.491 e. The first kappa shape index (κ1) is 12.4. The van der Waals surface area contributed by atoms with Gasteiger partial charge < -0.3 is 10.5 Å².